The molecule has 0 aliphatic carbocycles. The van der Waals surface area contributed by atoms with Crippen LogP contribution in [0.4, 0.5) is 0 Å². The fourth-order valence-corrected chi connectivity index (χ4v) is 3.09. The smallest absolute Gasteiger partial charge is 0.241 e. The summed E-state index contributed by atoms with van der Waals surface area (Å²) in [5.41, 5.74) is 0.220. The lowest BCUT2D eigenvalue weighted by Gasteiger charge is -2.28. The molecule has 1 unspecified atom stereocenters. The number of sulfonamides is 1. The van der Waals surface area contributed by atoms with E-state index in [1.165, 1.54) is 0 Å². The summed E-state index contributed by atoms with van der Waals surface area (Å²) in [5, 5.41) is 9.58. The van der Waals surface area contributed by atoms with E-state index in [0.29, 0.717) is 0 Å². The summed E-state index contributed by atoms with van der Waals surface area (Å²) in [6.45, 7) is 6.95. The highest BCUT2D eigenvalue weighted by Gasteiger charge is 2.30. The van der Waals surface area contributed by atoms with Gasteiger partial charge in [-0.1, -0.05) is 25.5 Å². The zero-order valence-corrected chi connectivity index (χ0v) is 12.8. The Bertz CT molecular complexity index is 504. The molecule has 0 aliphatic rings. The van der Waals surface area contributed by atoms with E-state index in [-0.39, 0.29) is 4.90 Å². The molecule has 1 aromatic carbocycles. The van der Waals surface area contributed by atoms with Crippen LogP contribution in [0.25, 0.3) is 0 Å². The molecule has 4 nitrogen and oxygen atoms in total. The average Bonchev–Trinajstić information content (AvgIpc) is 2.28. The van der Waals surface area contributed by atoms with Crippen LogP contribution in [-0.4, -0.2) is 25.2 Å². The summed E-state index contributed by atoms with van der Waals surface area (Å²) in [4.78, 5) is 0.223. The second-order valence-corrected chi connectivity index (χ2v) is 7.08. The lowest BCUT2D eigenvalue weighted by atomic mass is 10.0. The maximum absolute atomic E-state index is 12.2. The Morgan fingerprint density at radius 2 is 1.79 bits per heavy atom. The molecule has 1 aromatic rings. The third-order valence-electron chi connectivity index (χ3n) is 3.21. The van der Waals surface area contributed by atoms with Crippen LogP contribution in [0.15, 0.2) is 29.2 Å². The van der Waals surface area contributed by atoms with Crippen molar-refractivity contribution in [1.29, 1.82) is 0 Å². The Morgan fingerprint density at radius 1 is 1.26 bits per heavy atom. The highest BCUT2D eigenvalue weighted by atomic mass is 32.2. The van der Waals surface area contributed by atoms with Gasteiger partial charge in [-0.05, 0) is 44.9 Å². The number of aryl methyl sites for hydroxylation is 1. The predicted octanol–water partition coefficient (Wildman–Crippen LogP) is 2.08. The van der Waals surface area contributed by atoms with Crippen molar-refractivity contribution in [3.8, 4) is 0 Å². The molecule has 0 saturated heterocycles. The molecule has 0 fully saturated rings. The van der Waals surface area contributed by atoms with Gasteiger partial charge in [0.2, 0.25) is 10.0 Å². The van der Waals surface area contributed by atoms with E-state index in [9.17, 15) is 13.5 Å². The van der Waals surface area contributed by atoms with E-state index in [1.54, 1.807) is 32.9 Å². The number of aliphatic hydroxyl groups excluding tert-OH is 1. The molecule has 0 amide bonds. The van der Waals surface area contributed by atoms with E-state index in [0.717, 1.165) is 18.4 Å². The number of benzene rings is 1. The van der Waals surface area contributed by atoms with Gasteiger partial charge in [-0.3, -0.25) is 0 Å². The first-order valence-corrected chi connectivity index (χ1v) is 7.98. The fourth-order valence-electron chi connectivity index (χ4n) is 1.61. The quantitative estimate of drug-likeness (QED) is 0.841. The van der Waals surface area contributed by atoms with Gasteiger partial charge in [0.05, 0.1) is 16.5 Å². The topological polar surface area (TPSA) is 66.4 Å². The number of rotatable bonds is 6. The molecule has 0 radical (unpaired) electrons. The van der Waals surface area contributed by atoms with Crippen LogP contribution in [0, 0.1) is 0 Å². The number of nitrogens with one attached hydrogen (secondary N) is 1. The molecule has 0 aliphatic heterocycles. The number of hydrogen-bond donors (Lipinski definition) is 2. The fraction of sp³-hybridized carbons (Fsp3) is 0.571. The first kappa shape index (κ1) is 16.1. The zero-order valence-electron chi connectivity index (χ0n) is 12.0. The third-order valence-corrected chi connectivity index (χ3v) is 4.90. The van der Waals surface area contributed by atoms with Gasteiger partial charge in [0.15, 0.2) is 0 Å². The van der Waals surface area contributed by atoms with Gasteiger partial charge in [-0.2, -0.15) is 0 Å². The molecule has 0 saturated carbocycles. The summed E-state index contributed by atoms with van der Waals surface area (Å²) in [5.74, 6) is 0. The van der Waals surface area contributed by atoms with Crippen molar-refractivity contribution in [2.45, 2.75) is 57.1 Å². The monoisotopic (exact) mass is 285 g/mol. The molecule has 0 spiro atoms. The number of hydrogen-bond acceptors (Lipinski definition) is 3. The predicted molar refractivity (Wildman–Crippen MR) is 76.5 cm³/mol. The molecule has 5 heteroatoms. The lowest BCUT2D eigenvalue weighted by molar-refractivity contribution is 0.111. The third kappa shape index (κ3) is 4.30. The van der Waals surface area contributed by atoms with Gasteiger partial charge >= 0.3 is 0 Å². The lowest BCUT2D eigenvalue weighted by Crippen LogP contribution is -2.50. The van der Waals surface area contributed by atoms with Crippen molar-refractivity contribution in [3.05, 3.63) is 29.8 Å². The SMILES string of the molecule is CCCc1ccc(S(=O)(=O)NC(C)(C)C(C)O)cc1. The minimum absolute atomic E-state index is 0.223. The van der Waals surface area contributed by atoms with Crippen molar-refractivity contribution in [3.63, 3.8) is 0 Å². The van der Waals surface area contributed by atoms with E-state index >= 15 is 0 Å². The Kier molecular flexibility index (Phi) is 5.12. The molecule has 2 N–H and O–H groups in total. The van der Waals surface area contributed by atoms with Crippen LogP contribution < -0.4 is 4.72 Å². The van der Waals surface area contributed by atoms with Crippen LogP contribution in [-0.2, 0) is 16.4 Å². The summed E-state index contributed by atoms with van der Waals surface area (Å²) in [6.07, 6.45) is 1.19. The maximum atomic E-state index is 12.2. The summed E-state index contributed by atoms with van der Waals surface area (Å²) < 4.78 is 26.9. The Morgan fingerprint density at radius 3 is 2.21 bits per heavy atom. The molecule has 0 bridgehead atoms. The minimum atomic E-state index is -3.60. The maximum Gasteiger partial charge on any atom is 0.241 e. The zero-order chi connectivity index (χ0) is 14.7. The van der Waals surface area contributed by atoms with Crippen LogP contribution in [0.5, 0.6) is 0 Å². The Balaban J connectivity index is 2.95. The van der Waals surface area contributed by atoms with Gasteiger partial charge in [0, 0.05) is 0 Å². The molecular weight excluding hydrogens is 262 g/mol. The molecule has 1 rings (SSSR count). The second kappa shape index (κ2) is 6.03. The largest absolute Gasteiger partial charge is 0.391 e. The molecule has 0 heterocycles. The summed E-state index contributed by atoms with van der Waals surface area (Å²) in [7, 11) is -3.60. The Labute approximate surface area is 115 Å². The van der Waals surface area contributed by atoms with E-state index in [4.69, 9.17) is 0 Å². The van der Waals surface area contributed by atoms with Crippen molar-refractivity contribution in [1.82, 2.24) is 4.72 Å². The standard InChI is InChI=1S/C14H23NO3S/c1-5-6-12-7-9-13(10-8-12)19(17,18)15-14(3,4)11(2)16/h7-11,15-16H,5-6H2,1-4H3. The molecule has 108 valence electrons. The van der Waals surface area contributed by atoms with Gasteiger partial charge in [-0.15, -0.1) is 0 Å². The van der Waals surface area contributed by atoms with Crippen molar-refractivity contribution in [2.24, 2.45) is 0 Å². The molecule has 19 heavy (non-hydrogen) atoms. The number of aliphatic hydroxyl groups is 1. The van der Waals surface area contributed by atoms with Gasteiger partial charge in [0.1, 0.15) is 0 Å². The van der Waals surface area contributed by atoms with Crippen molar-refractivity contribution >= 4 is 10.0 Å². The van der Waals surface area contributed by atoms with Crippen LogP contribution in [0.3, 0.4) is 0 Å². The van der Waals surface area contributed by atoms with Crippen molar-refractivity contribution in [2.75, 3.05) is 0 Å². The summed E-state index contributed by atoms with van der Waals surface area (Å²) in [6, 6.07) is 6.86. The first-order valence-electron chi connectivity index (χ1n) is 6.50. The van der Waals surface area contributed by atoms with Gasteiger partial charge in [-0.25, -0.2) is 13.1 Å². The highest BCUT2D eigenvalue weighted by Crippen LogP contribution is 2.17. The van der Waals surface area contributed by atoms with Crippen LogP contribution in [0.2, 0.25) is 0 Å². The minimum Gasteiger partial charge on any atom is -0.391 e. The van der Waals surface area contributed by atoms with E-state index in [1.807, 2.05) is 12.1 Å². The van der Waals surface area contributed by atoms with E-state index < -0.39 is 21.7 Å². The Hall–Kier alpha value is -0.910. The molecule has 0 aromatic heterocycles. The summed E-state index contributed by atoms with van der Waals surface area (Å²) >= 11 is 0. The van der Waals surface area contributed by atoms with Gasteiger partial charge in [0.25, 0.3) is 0 Å². The van der Waals surface area contributed by atoms with Gasteiger partial charge < -0.3 is 5.11 Å². The van der Waals surface area contributed by atoms with Crippen LogP contribution in [0.1, 0.15) is 39.7 Å². The van der Waals surface area contributed by atoms with E-state index in [2.05, 4.69) is 11.6 Å². The van der Waals surface area contributed by atoms with Crippen molar-refractivity contribution < 1.29 is 13.5 Å². The highest BCUT2D eigenvalue weighted by molar-refractivity contribution is 7.89. The normalized spacial score (nSPS) is 14.4. The van der Waals surface area contributed by atoms with Crippen LogP contribution >= 0.6 is 0 Å². The molecule has 1 atom stereocenters. The average molecular weight is 285 g/mol. The molecular formula is C14H23NO3S. The first-order chi connectivity index (χ1) is 8.69. The second-order valence-electron chi connectivity index (χ2n) is 5.40.